The maximum absolute atomic E-state index is 12.4. The fourth-order valence-corrected chi connectivity index (χ4v) is 2.90. The highest BCUT2D eigenvalue weighted by Crippen LogP contribution is 2.41. The first kappa shape index (κ1) is 21.1. The van der Waals surface area contributed by atoms with E-state index in [0.717, 1.165) is 5.56 Å². The Kier molecular flexibility index (Phi) is 7.26. The number of carbonyl (C=O) groups excluding carboxylic acids is 2. The number of aryl methyl sites for hydroxylation is 1. The minimum atomic E-state index is -0.175. The molecule has 0 aliphatic carbocycles. The zero-order chi connectivity index (χ0) is 20.7. The average Bonchev–Trinajstić information content (AvgIpc) is 2.69. The fourth-order valence-electron chi connectivity index (χ4n) is 2.90. The molecule has 0 saturated carbocycles. The Morgan fingerprint density at radius 3 is 2.11 bits per heavy atom. The van der Waals surface area contributed by atoms with Gasteiger partial charge >= 0.3 is 0 Å². The van der Waals surface area contributed by atoms with Crippen molar-refractivity contribution in [3.05, 3.63) is 47.5 Å². The molecule has 0 aliphatic heterocycles. The van der Waals surface area contributed by atoms with Crippen molar-refractivity contribution in [2.75, 3.05) is 39.3 Å². The summed E-state index contributed by atoms with van der Waals surface area (Å²) in [5.41, 5.74) is 2.10. The first-order chi connectivity index (χ1) is 13.4. The number of anilines is 1. The normalized spacial score (nSPS) is 10.2. The lowest BCUT2D eigenvalue weighted by Crippen LogP contribution is -2.37. The van der Waals surface area contributed by atoms with E-state index in [-0.39, 0.29) is 11.8 Å². The van der Waals surface area contributed by atoms with Crippen LogP contribution in [0, 0.1) is 6.92 Å². The number of methoxy groups -OCH3 is 3. The molecule has 0 spiro atoms. The summed E-state index contributed by atoms with van der Waals surface area (Å²) in [7, 11) is 4.55. The molecule has 0 aliphatic rings. The number of carbonyl (C=O) groups is 2. The lowest BCUT2D eigenvalue weighted by atomic mass is 10.1. The minimum absolute atomic E-state index is 0.167. The average molecular weight is 386 g/mol. The Morgan fingerprint density at radius 1 is 1.00 bits per heavy atom. The first-order valence-electron chi connectivity index (χ1n) is 8.84. The molecule has 0 saturated heterocycles. The van der Waals surface area contributed by atoms with Gasteiger partial charge < -0.3 is 24.4 Å². The van der Waals surface area contributed by atoms with Gasteiger partial charge in [0.05, 0.1) is 27.0 Å². The Labute approximate surface area is 165 Å². The van der Waals surface area contributed by atoms with Gasteiger partial charge in [0.15, 0.2) is 11.5 Å². The van der Waals surface area contributed by atoms with Crippen molar-refractivity contribution in [3.8, 4) is 17.2 Å². The largest absolute Gasteiger partial charge is 0.493 e. The molecule has 0 heterocycles. The molecule has 1 N–H and O–H groups in total. The predicted octanol–water partition coefficient (Wildman–Crippen LogP) is 2.80. The van der Waals surface area contributed by atoms with Crippen LogP contribution >= 0.6 is 0 Å². The third-order valence-corrected chi connectivity index (χ3v) is 4.35. The van der Waals surface area contributed by atoms with Crippen LogP contribution in [0.1, 0.15) is 22.8 Å². The quantitative estimate of drug-likeness (QED) is 0.755. The molecule has 0 atom stereocenters. The number of ether oxygens (including phenoxy) is 3. The zero-order valence-electron chi connectivity index (χ0n) is 16.9. The Hall–Kier alpha value is -3.22. The molecule has 2 rings (SSSR count). The second kappa shape index (κ2) is 9.64. The van der Waals surface area contributed by atoms with Gasteiger partial charge in [-0.25, -0.2) is 0 Å². The molecule has 0 fully saturated rings. The van der Waals surface area contributed by atoms with E-state index in [9.17, 15) is 9.59 Å². The van der Waals surface area contributed by atoms with Crippen LogP contribution in [0.5, 0.6) is 17.2 Å². The smallest absolute Gasteiger partial charge is 0.251 e. The Balaban J connectivity index is 2.17. The third-order valence-electron chi connectivity index (χ3n) is 4.35. The van der Waals surface area contributed by atoms with E-state index in [4.69, 9.17) is 14.2 Å². The monoisotopic (exact) mass is 386 g/mol. The van der Waals surface area contributed by atoms with Gasteiger partial charge in [-0.15, -0.1) is 0 Å². The molecule has 0 aromatic heterocycles. The summed E-state index contributed by atoms with van der Waals surface area (Å²) in [5, 5.41) is 2.85. The van der Waals surface area contributed by atoms with Gasteiger partial charge in [0.2, 0.25) is 11.7 Å². The van der Waals surface area contributed by atoms with Crippen molar-refractivity contribution in [3.63, 3.8) is 0 Å². The number of benzene rings is 2. The molecular weight excluding hydrogens is 360 g/mol. The highest BCUT2D eigenvalue weighted by atomic mass is 16.5. The van der Waals surface area contributed by atoms with Gasteiger partial charge in [-0.1, -0.05) is 18.2 Å². The molecule has 28 heavy (non-hydrogen) atoms. The van der Waals surface area contributed by atoms with Crippen LogP contribution < -0.4 is 24.4 Å². The second-order valence-corrected chi connectivity index (χ2v) is 6.13. The van der Waals surface area contributed by atoms with E-state index in [0.29, 0.717) is 41.6 Å². The molecule has 7 heteroatoms. The van der Waals surface area contributed by atoms with E-state index in [2.05, 4.69) is 5.32 Å². The Morgan fingerprint density at radius 2 is 1.61 bits per heavy atom. The summed E-state index contributed by atoms with van der Waals surface area (Å²) in [6.07, 6.45) is 0. The van der Waals surface area contributed by atoms with Gasteiger partial charge in [0.1, 0.15) is 0 Å². The number of hydrogen-bond donors (Lipinski definition) is 1. The zero-order valence-corrected chi connectivity index (χ0v) is 16.9. The van der Waals surface area contributed by atoms with Crippen molar-refractivity contribution in [2.24, 2.45) is 0 Å². The lowest BCUT2D eigenvalue weighted by molar-refractivity contribution is -0.116. The summed E-state index contributed by atoms with van der Waals surface area (Å²) in [6, 6.07) is 10.8. The lowest BCUT2D eigenvalue weighted by Gasteiger charge is -2.23. The van der Waals surface area contributed by atoms with Gasteiger partial charge in [0.25, 0.3) is 5.91 Å². The summed E-state index contributed by atoms with van der Waals surface area (Å²) in [6.45, 7) is 3.94. The van der Waals surface area contributed by atoms with Crippen molar-refractivity contribution < 1.29 is 23.8 Å². The van der Waals surface area contributed by atoms with Crippen molar-refractivity contribution in [2.45, 2.75) is 13.8 Å². The van der Waals surface area contributed by atoms with Gasteiger partial charge in [0, 0.05) is 37.7 Å². The maximum Gasteiger partial charge on any atom is 0.251 e. The van der Waals surface area contributed by atoms with E-state index in [1.54, 1.807) is 23.1 Å². The summed E-state index contributed by atoms with van der Waals surface area (Å²) in [4.78, 5) is 26.1. The van der Waals surface area contributed by atoms with Crippen molar-refractivity contribution >= 4 is 17.5 Å². The van der Waals surface area contributed by atoms with E-state index < -0.39 is 0 Å². The second-order valence-electron chi connectivity index (χ2n) is 6.13. The summed E-state index contributed by atoms with van der Waals surface area (Å²) < 4.78 is 16.0. The molecule has 2 aromatic carbocycles. The van der Waals surface area contributed by atoms with Crippen LogP contribution in [0.3, 0.4) is 0 Å². The number of amides is 2. The summed E-state index contributed by atoms with van der Waals surface area (Å²) >= 11 is 0. The van der Waals surface area contributed by atoms with Gasteiger partial charge in [-0.3, -0.25) is 9.59 Å². The van der Waals surface area contributed by atoms with Gasteiger partial charge in [-0.2, -0.15) is 0 Å². The third kappa shape index (κ3) is 4.73. The fraction of sp³-hybridized carbons (Fsp3) is 0.333. The van der Waals surface area contributed by atoms with Crippen molar-refractivity contribution in [1.29, 1.82) is 0 Å². The molecule has 0 bridgehead atoms. The standard InChI is InChI=1S/C21H26N2O5/c1-14-8-6-7-9-17(14)21(25)22-10-11-23(15(2)24)16-12-18(26-3)20(28-5)19(13-16)27-4/h6-9,12-13H,10-11H2,1-5H3,(H,22,25). The molecule has 0 unspecified atom stereocenters. The highest BCUT2D eigenvalue weighted by molar-refractivity contribution is 5.96. The molecule has 2 aromatic rings. The van der Waals surface area contributed by atoms with Crippen molar-refractivity contribution in [1.82, 2.24) is 5.32 Å². The predicted molar refractivity (Wildman–Crippen MR) is 108 cm³/mol. The molecule has 150 valence electrons. The molecule has 0 radical (unpaired) electrons. The number of hydrogen-bond acceptors (Lipinski definition) is 5. The van der Waals surface area contributed by atoms with E-state index in [1.165, 1.54) is 28.3 Å². The Bertz CT molecular complexity index is 825. The number of rotatable bonds is 8. The minimum Gasteiger partial charge on any atom is -0.493 e. The number of nitrogens with one attached hydrogen (secondary N) is 1. The SMILES string of the molecule is COc1cc(N(CCNC(=O)c2ccccc2C)C(C)=O)cc(OC)c1OC. The van der Waals surface area contributed by atoms with Crippen LogP contribution in [-0.4, -0.2) is 46.2 Å². The maximum atomic E-state index is 12.4. The first-order valence-corrected chi connectivity index (χ1v) is 8.84. The van der Waals surface area contributed by atoms with E-state index >= 15 is 0 Å². The van der Waals surface area contributed by atoms with Crippen LogP contribution in [0.2, 0.25) is 0 Å². The van der Waals surface area contributed by atoms with E-state index in [1.807, 2.05) is 25.1 Å². The highest BCUT2D eigenvalue weighted by Gasteiger charge is 2.19. The van der Waals surface area contributed by atoms with Gasteiger partial charge in [-0.05, 0) is 18.6 Å². The molecule has 7 nitrogen and oxygen atoms in total. The number of nitrogens with zero attached hydrogens (tertiary/aromatic N) is 1. The molecule has 2 amide bonds. The van der Waals surface area contributed by atoms with Crippen LogP contribution in [0.4, 0.5) is 5.69 Å². The van der Waals surface area contributed by atoms with Crippen LogP contribution in [0.15, 0.2) is 36.4 Å². The van der Waals surface area contributed by atoms with Crippen LogP contribution in [0.25, 0.3) is 0 Å². The molecular formula is C21H26N2O5. The van der Waals surface area contributed by atoms with Crippen LogP contribution in [-0.2, 0) is 4.79 Å². The topological polar surface area (TPSA) is 77.1 Å². The summed E-state index contributed by atoms with van der Waals surface area (Å²) in [5.74, 6) is 1.01.